The number of allylic oxidation sites excluding steroid dienone is 8. The Kier molecular flexibility index (Phi) is 8.94. The molecule has 0 amide bonds. The Labute approximate surface area is 284 Å². The Morgan fingerprint density at radius 2 is 1.75 bits per heavy atom. The van der Waals surface area contributed by atoms with Gasteiger partial charge >= 0.3 is 0 Å². The van der Waals surface area contributed by atoms with Crippen molar-refractivity contribution in [2.24, 2.45) is 16.6 Å². The van der Waals surface area contributed by atoms with Gasteiger partial charge in [-0.25, -0.2) is 0 Å². The molecule has 3 nitrogen and oxygen atoms in total. The van der Waals surface area contributed by atoms with Crippen LogP contribution in [0.3, 0.4) is 0 Å². The van der Waals surface area contributed by atoms with E-state index >= 15 is 0 Å². The number of aliphatic imine (C=N–C) groups is 1. The molecule has 238 valence electrons. The first-order valence-corrected chi connectivity index (χ1v) is 17.2. The van der Waals surface area contributed by atoms with Gasteiger partial charge in [-0.3, -0.25) is 9.56 Å². The largest absolute Gasteiger partial charge is 0.385 e. The lowest BCUT2D eigenvalue weighted by atomic mass is 9.72. The Morgan fingerprint density at radius 3 is 2.50 bits per heavy atom. The van der Waals surface area contributed by atoms with Crippen LogP contribution in [0.1, 0.15) is 78.4 Å². The van der Waals surface area contributed by atoms with Crippen molar-refractivity contribution in [3.05, 3.63) is 183 Å². The van der Waals surface area contributed by atoms with E-state index in [9.17, 15) is 0 Å². The SMILES string of the molecule is C=Cc1c2c(n(/C(N)=C/C=C\Cc3ccc(C4=c5ccccc5=C(c5ccccc5)C5CC=CC=C45)cc3)c1/C=C\C)C=NC2CCC. The fraction of sp³-hybridized carbons (Fsp3) is 0.178. The van der Waals surface area contributed by atoms with E-state index in [4.69, 9.17) is 10.7 Å². The van der Waals surface area contributed by atoms with Gasteiger partial charge in [0.05, 0.1) is 17.4 Å². The molecule has 0 radical (unpaired) electrons. The van der Waals surface area contributed by atoms with Gasteiger partial charge in [0.2, 0.25) is 0 Å². The summed E-state index contributed by atoms with van der Waals surface area (Å²) in [6.07, 6.45) is 25.1. The smallest absolute Gasteiger partial charge is 0.108 e. The van der Waals surface area contributed by atoms with Gasteiger partial charge < -0.3 is 5.73 Å². The van der Waals surface area contributed by atoms with Crippen molar-refractivity contribution in [2.45, 2.75) is 45.6 Å². The molecule has 0 bridgehead atoms. The summed E-state index contributed by atoms with van der Waals surface area (Å²) < 4.78 is 2.12. The molecule has 2 aliphatic carbocycles. The lowest BCUT2D eigenvalue weighted by Gasteiger charge is -2.31. The summed E-state index contributed by atoms with van der Waals surface area (Å²) in [5.41, 5.74) is 19.2. The zero-order valence-corrected chi connectivity index (χ0v) is 27.9. The van der Waals surface area contributed by atoms with Gasteiger partial charge in [0, 0.05) is 23.3 Å². The lowest BCUT2D eigenvalue weighted by Crippen LogP contribution is -2.37. The molecule has 0 saturated heterocycles. The van der Waals surface area contributed by atoms with Crippen LogP contribution in [0.4, 0.5) is 0 Å². The molecule has 3 aliphatic rings. The highest BCUT2D eigenvalue weighted by Crippen LogP contribution is 2.41. The Balaban J connectivity index is 1.18. The molecule has 1 aromatic heterocycles. The number of aromatic nitrogens is 1. The highest BCUT2D eigenvalue weighted by atomic mass is 15.1. The Bertz CT molecular complexity index is 2160. The third kappa shape index (κ3) is 5.60. The van der Waals surface area contributed by atoms with Crippen LogP contribution < -0.4 is 16.2 Å². The Hall–Kier alpha value is -5.41. The number of nitrogens with zero attached hydrogens (tertiary/aromatic N) is 2. The summed E-state index contributed by atoms with van der Waals surface area (Å²) >= 11 is 0. The predicted molar refractivity (Wildman–Crippen MR) is 205 cm³/mol. The molecule has 0 fully saturated rings. The molecule has 7 rings (SSSR count). The fourth-order valence-corrected chi connectivity index (χ4v) is 7.66. The van der Waals surface area contributed by atoms with Crippen LogP contribution in [0.2, 0.25) is 0 Å². The second-order valence-electron chi connectivity index (χ2n) is 12.7. The summed E-state index contributed by atoms with van der Waals surface area (Å²) in [5.74, 6) is 1.01. The van der Waals surface area contributed by atoms with Crippen molar-refractivity contribution in [1.82, 2.24) is 4.57 Å². The summed E-state index contributed by atoms with van der Waals surface area (Å²) in [6, 6.07) is 29.1. The van der Waals surface area contributed by atoms with E-state index in [-0.39, 0.29) is 6.04 Å². The molecule has 0 spiro atoms. The minimum absolute atomic E-state index is 0.163. The zero-order valence-electron chi connectivity index (χ0n) is 27.9. The maximum Gasteiger partial charge on any atom is 0.108 e. The van der Waals surface area contributed by atoms with Crippen LogP contribution in [-0.2, 0) is 6.42 Å². The van der Waals surface area contributed by atoms with Crippen LogP contribution in [0.25, 0.3) is 29.1 Å². The number of benzene rings is 3. The molecule has 2 N–H and O–H groups in total. The molecule has 1 aliphatic heterocycles. The number of fused-ring (bicyclic) bond motifs is 3. The average Bonchev–Trinajstić information content (AvgIpc) is 3.67. The predicted octanol–water partition coefficient (Wildman–Crippen LogP) is 8.91. The van der Waals surface area contributed by atoms with Crippen molar-refractivity contribution in [1.29, 1.82) is 0 Å². The van der Waals surface area contributed by atoms with Crippen LogP contribution in [0.5, 0.6) is 0 Å². The van der Waals surface area contributed by atoms with E-state index in [1.165, 1.54) is 49.4 Å². The Morgan fingerprint density at radius 1 is 0.979 bits per heavy atom. The maximum atomic E-state index is 6.74. The van der Waals surface area contributed by atoms with Gasteiger partial charge in [-0.05, 0) is 82.2 Å². The first-order chi connectivity index (χ1) is 23.6. The van der Waals surface area contributed by atoms with Gasteiger partial charge in [-0.15, -0.1) is 0 Å². The molecular formula is C45H43N3. The number of hydrogen-bond acceptors (Lipinski definition) is 2. The summed E-state index contributed by atoms with van der Waals surface area (Å²) in [6.45, 7) is 8.36. The van der Waals surface area contributed by atoms with Crippen LogP contribution in [0.15, 0.2) is 139 Å². The van der Waals surface area contributed by atoms with Crippen LogP contribution in [-0.4, -0.2) is 10.8 Å². The third-order valence-corrected chi connectivity index (χ3v) is 9.75. The number of rotatable bonds is 10. The topological polar surface area (TPSA) is 43.3 Å². The van der Waals surface area contributed by atoms with Gasteiger partial charge in [-0.2, -0.15) is 0 Å². The van der Waals surface area contributed by atoms with Crippen molar-refractivity contribution in [2.75, 3.05) is 0 Å². The standard InChI is InChI=1S/C45H43N3/c1-4-16-39-45-34(6-3)40(17-5-2)48(41(45)30-47-39)42(46)25-15-10-18-31-26-28-33(29-27-31)44-37-23-13-11-21-35(37)43(32-19-8-7-9-20-32)36-22-12-14-24-38(36)44/h5-15,17,19-21,23-30,36,39H,3-4,16,18,22,46H2,1-2H3/b15-10-,17-5-,42-25+. The van der Waals surface area contributed by atoms with Crippen LogP contribution >= 0.6 is 0 Å². The molecule has 3 aromatic carbocycles. The van der Waals surface area contributed by atoms with E-state index < -0.39 is 0 Å². The quantitative estimate of drug-likeness (QED) is 0.176. The van der Waals surface area contributed by atoms with Gasteiger partial charge in [0.15, 0.2) is 0 Å². The van der Waals surface area contributed by atoms with Gasteiger partial charge in [-0.1, -0.05) is 141 Å². The molecule has 3 heteroatoms. The average molecular weight is 626 g/mol. The van der Waals surface area contributed by atoms with E-state index in [0.717, 1.165) is 42.6 Å². The van der Waals surface area contributed by atoms with Gasteiger partial charge in [0.1, 0.15) is 5.82 Å². The monoisotopic (exact) mass is 625 g/mol. The van der Waals surface area contributed by atoms with E-state index in [1.807, 2.05) is 25.3 Å². The van der Waals surface area contributed by atoms with Crippen molar-refractivity contribution in [3.8, 4) is 0 Å². The van der Waals surface area contributed by atoms with Crippen molar-refractivity contribution in [3.63, 3.8) is 0 Å². The first-order valence-electron chi connectivity index (χ1n) is 17.2. The molecule has 48 heavy (non-hydrogen) atoms. The fourth-order valence-electron chi connectivity index (χ4n) is 7.66. The van der Waals surface area contributed by atoms with Crippen LogP contribution in [0, 0.1) is 5.92 Å². The minimum Gasteiger partial charge on any atom is -0.385 e. The van der Waals surface area contributed by atoms with E-state index in [1.54, 1.807) is 0 Å². The molecule has 0 saturated carbocycles. The normalized spacial score (nSPS) is 18.4. The molecule has 2 atom stereocenters. The molecule has 2 unspecified atom stereocenters. The first kappa shape index (κ1) is 31.2. The minimum atomic E-state index is 0.163. The second kappa shape index (κ2) is 13.8. The third-order valence-electron chi connectivity index (χ3n) is 9.75. The lowest BCUT2D eigenvalue weighted by molar-refractivity contribution is 0.652. The summed E-state index contributed by atoms with van der Waals surface area (Å²) in [7, 11) is 0. The van der Waals surface area contributed by atoms with E-state index in [0.29, 0.717) is 11.7 Å². The summed E-state index contributed by atoms with van der Waals surface area (Å²) in [4.78, 5) is 4.81. The van der Waals surface area contributed by atoms with Crippen molar-refractivity contribution < 1.29 is 0 Å². The molecule has 4 aromatic rings. The number of hydrogen-bond donors (Lipinski definition) is 1. The second-order valence-corrected chi connectivity index (χ2v) is 12.7. The zero-order chi connectivity index (χ0) is 33.0. The molecular weight excluding hydrogens is 583 g/mol. The maximum absolute atomic E-state index is 6.74. The van der Waals surface area contributed by atoms with Gasteiger partial charge in [0.25, 0.3) is 0 Å². The highest BCUT2D eigenvalue weighted by Gasteiger charge is 2.30. The van der Waals surface area contributed by atoms with Crippen molar-refractivity contribution >= 4 is 35.3 Å². The summed E-state index contributed by atoms with van der Waals surface area (Å²) in [5, 5.41) is 2.65. The number of nitrogens with two attached hydrogens (primary N) is 1. The molecule has 2 heterocycles. The van der Waals surface area contributed by atoms with E-state index in [2.05, 4.69) is 139 Å². The highest BCUT2D eigenvalue weighted by molar-refractivity contribution is 5.91.